The molecule has 6 aromatic carbocycles. The van der Waals surface area contributed by atoms with Crippen LogP contribution in [-0.4, -0.2) is 67.8 Å². The van der Waals surface area contributed by atoms with Gasteiger partial charge in [0.15, 0.2) is 12.2 Å². The fraction of sp³-hybridized carbons (Fsp3) is 0.184. The Balaban J connectivity index is 1.34. The molecule has 310 valence electrons. The van der Waals surface area contributed by atoms with Crippen LogP contribution >= 0.6 is 11.6 Å². The first-order valence-corrected chi connectivity index (χ1v) is 19.8. The Bertz CT molecular complexity index is 2410. The third-order valence-electron chi connectivity index (χ3n) is 9.91. The van der Waals surface area contributed by atoms with Gasteiger partial charge in [-0.1, -0.05) is 103 Å². The highest BCUT2D eigenvalue weighted by atomic mass is 35.5. The van der Waals surface area contributed by atoms with E-state index in [1.54, 1.807) is 154 Å². The molecule has 0 spiro atoms. The van der Waals surface area contributed by atoms with Crippen molar-refractivity contribution in [3.05, 3.63) is 202 Å². The second-order valence-corrected chi connectivity index (χ2v) is 14.4. The smallest absolute Gasteiger partial charge is 0.338 e. The Kier molecular flexibility index (Phi) is 13.7. The summed E-state index contributed by atoms with van der Waals surface area (Å²) in [5.41, 5.74) is 2.17. The first-order valence-electron chi connectivity index (χ1n) is 19.4. The van der Waals surface area contributed by atoms with E-state index in [0.29, 0.717) is 22.8 Å². The van der Waals surface area contributed by atoms with Crippen LogP contribution < -0.4 is 9.47 Å². The molecule has 0 N–H and O–H groups in total. The van der Waals surface area contributed by atoms with Gasteiger partial charge in [-0.3, -0.25) is 0 Å². The normalized spacial score (nSPS) is 18.8. The minimum atomic E-state index is -1.61. The van der Waals surface area contributed by atoms with Gasteiger partial charge in [-0.25, -0.2) is 19.2 Å². The van der Waals surface area contributed by atoms with Gasteiger partial charge in [-0.2, -0.15) is 0 Å². The van der Waals surface area contributed by atoms with Crippen molar-refractivity contribution in [2.24, 2.45) is 0 Å². The molecule has 6 atom stereocenters. The van der Waals surface area contributed by atoms with Crippen molar-refractivity contribution in [3.63, 3.8) is 0 Å². The SMILES string of the molecule is COc1ccc(Cc2c(Cl)cccc2O[C@@H]2O[C@H]([C@@H](C)OC(=O)c3ccccc3)[C@@H](OC(=O)c3ccccc3)[C@H](OC(=O)c3ccccc3)[C@H]2OC(=O)c2ccccc2)cc1. The molecule has 6 aromatic rings. The van der Waals surface area contributed by atoms with Gasteiger partial charge in [0.1, 0.15) is 23.7 Å². The number of benzene rings is 6. The molecule has 1 saturated heterocycles. The van der Waals surface area contributed by atoms with E-state index in [4.69, 9.17) is 44.8 Å². The van der Waals surface area contributed by atoms with Gasteiger partial charge >= 0.3 is 23.9 Å². The maximum Gasteiger partial charge on any atom is 0.338 e. The highest BCUT2D eigenvalue weighted by Gasteiger charge is 2.56. The van der Waals surface area contributed by atoms with Crippen molar-refractivity contribution in [2.45, 2.75) is 50.2 Å². The summed E-state index contributed by atoms with van der Waals surface area (Å²) in [7, 11) is 1.58. The molecule has 1 heterocycles. The van der Waals surface area contributed by atoms with E-state index in [1.807, 2.05) is 24.3 Å². The lowest BCUT2D eigenvalue weighted by atomic mass is 9.94. The average molecular weight is 841 g/mol. The number of halogens is 1. The van der Waals surface area contributed by atoms with E-state index >= 15 is 0 Å². The van der Waals surface area contributed by atoms with Crippen LogP contribution in [0, 0.1) is 0 Å². The van der Waals surface area contributed by atoms with Crippen LogP contribution in [0.2, 0.25) is 5.02 Å². The molecule has 1 fully saturated rings. The molecule has 0 saturated carbocycles. The van der Waals surface area contributed by atoms with Gasteiger partial charge in [0.25, 0.3) is 0 Å². The van der Waals surface area contributed by atoms with E-state index in [-0.39, 0.29) is 28.0 Å². The second-order valence-electron chi connectivity index (χ2n) is 14.0. The highest BCUT2D eigenvalue weighted by molar-refractivity contribution is 6.31. The average Bonchev–Trinajstić information content (AvgIpc) is 3.30. The Labute approximate surface area is 357 Å². The van der Waals surface area contributed by atoms with Crippen molar-refractivity contribution >= 4 is 35.5 Å². The summed E-state index contributed by atoms with van der Waals surface area (Å²) in [6.45, 7) is 1.55. The lowest BCUT2D eigenvalue weighted by Gasteiger charge is -2.45. The summed E-state index contributed by atoms with van der Waals surface area (Å²) in [5, 5.41) is 0.366. The zero-order valence-corrected chi connectivity index (χ0v) is 33.9. The van der Waals surface area contributed by atoms with Crippen LogP contribution in [0.4, 0.5) is 0 Å². The third kappa shape index (κ3) is 10.4. The van der Waals surface area contributed by atoms with Gasteiger partial charge in [0.2, 0.25) is 12.4 Å². The van der Waals surface area contributed by atoms with Crippen LogP contribution in [0.25, 0.3) is 0 Å². The Morgan fingerprint density at radius 1 is 0.557 bits per heavy atom. The lowest BCUT2D eigenvalue weighted by molar-refractivity contribution is -0.284. The summed E-state index contributed by atoms with van der Waals surface area (Å²) >= 11 is 6.84. The summed E-state index contributed by atoms with van der Waals surface area (Å²) in [6, 6.07) is 45.2. The maximum atomic E-state index is 14.1. The van der Waals surface area contributed by atoms with Crippen LogP contribution in [0.1, 0.15) is 59.5 Å². The fourth-order valence-corrected chi connectivity index (χ4v) is 7.00. The van der Waals surface area contributed by atoms with Crippen molar-refractivity contribution in [1.82, 2.24) is 0 Å². The molecule has 11 nitrogen and oxygen atoms in total. The van der Waals surface area contributed by atoms with Gasteiger partial charge in [0.05, 0.1) is 29.4 Å². The van der Waals surface area contributed by atoms with E-state index in [1.165, 1.54) is 0 Å². The zero-order chi connectivity index (χ0) is 42.7. The Morgan fingerprint density at radius 2 is 1.02 bits per heavy atom. The van der Waals surface area contributed by atoms with Crippen molar-refractivity contribution in [1.29, 1.82) is 0 Å². The number of rotatable bonds is 14. The molecule has 12 heteroatoms. The van der Waals surface area contributed by atoms with Crippen LogP contribution in [0.3, 0.4) is 0 Å². The van der Waals surface area contributed by atoms with Crippen LogP contribution in [-0.2, 0) is 30.1 Å². The summed E-state index contributed by atoms with van der Waals surface area (Å²) < 4.78 is 43.3. The van der Waals surface area contributed by atoms with Crippen molar-refractivity contribution in [2.75, 3.05) is 7.11 Å². The van der Waals surface area contributed by atoms with Gasteiger partial charge in [0, 0.05) is 17.0 Å². The topological polar surface area (TPSA) is 133 Å². The quantitative estimate of drug-likeness (QED) is 0.0769. The predicted octanol–water partition coefficient (Wildman–Crippen LogP) is 8.97. The first kappa shape index (κ1) is 42.2. The fourth-order valence-electron chi connectivity index (χ4n) is 6.77. The molecule has 0 bridgehead atoms. The monoisotopic (exact) mass is 840 g/mol. The Morgan fingerprint density at radius 3 is 1.51 bits per heavy atom. The van der Waals surface area contributed by atoms with Gasteiger partial charge in [-0.05, 0) is 85.3 Å². The van der Waals surface area contributed by atoms with Gasteiger partial charge < -0.3 is 33.2 Å². The lowest BCUT2D eigenvalue weighted by Crippen LogP contribution is -2.65. The van der Waals surface area contributed by atoms with E-state index in [2.05, 4.69) is 0 Å². The molecule has 61 heavy (non-hydrogen) atoms. The maximum absolute atomic E-state index is 14.1. The summed E-state index contributed by atoms with van der Waals surface area (Å²) in [4.78, 5) is 55.6. The second kappa shape index (κ2) is 19.9. The largest absolute Gasteiger partial charge is 0.497 e. The summed E-state index contributed by atoms with van der Waals surface area (Å²) in [6.07, 6.45) is -8.61. The predicted molar refractivity (Wildman–Crippen MR) is 225 cm³/mol. The Hall–Kier alpha value is -6.95. The molecule has 0 radical (unpaired) electrons. The minimum absolute atomic E-state index is 0.157. The molecule has 1 aliphatic heterocycles. The molecular formula is C49H41ClO11. The minimum Gasteiger partial charge on any atom is -0.497 e. The molecule has 7 rings (SSSR count). The number of ether oxygens (including phenoxy) is 7. The first-order chi connectivity index (χ1) is 29.7. The molecule has 0 aliphatic carbocycles. The van der Waals surface area contributed by atoms with E-state index in [0.717, 1.165) is 5.56 Å². The molecule has 0 unspecified atom stereocenters. The molecule has 1 aliphatic rings. The number of hydrogen-bond acceptors (Lipinski definition) is 11. The summed E-state index contributed by atoms with van der Waals surface area (Å²) in [5.74, 6) is -2.24. The molecule has 0 aromatic heterocycles. The standard InChI is InChI=1S/C49H41ClO11/c1-31(56-45(51)33-16-7-3-8-17-33)41-42(58-46(52)34-18-9-4-10-19-34)43(59-47(53)35-20-11-5-12-21-35)44(60-48(54)36-22-13-6-14-23-36)49(61-41)57-40-25-15-24-39(50)38(40)30-32-26-28-37(55-2)29-27-32/h3-29,31,41-44,49H,30H2,1-2H3/t31-,41-,42-,43+,44-,49-/m1/s1. The number of methoxy groups -OCH3 is 1. The van der Waals surface area contributed by atoms with E-state index in [9.17, 15) is 19.2 Å². The zero-order valence-electron chi connectivity index (χ0n) is 33.1. The van der Waals surface area contributed by atoms with Crippen LogP contribution in [0.5, 0.6) is 11.5 Å². The molecular weight excluding hydrogens is 800 g/mol. The van der Waals surface area contributed by atoms with E-state index < -0.39 is 60.7 Å². The highest BCUT2D eigenvalue weighted by Crippen LogP contribution is 2.37. The van der Waals surface area contributed by atoms with Crippen LogP contribution in [0.15, 0.2) is 164 Å². The number of carbonyl (C=O) groups is 4. The number of esters is 4. The van der Waals surface area contributed by atoms with Crippen molar-refractivity contribution < 1.29 is 52.3 Å². The molecule has 0 amide bonds. The number of hydrogen-bond donors (Lipinski definition) is 0. The van der Waals surface area contributed by atoms with Crippen molar-refractivity contribution in [3.8, 4) is 11.5 Å². The van der Waals surface area contributed by atoms with Gasteiger partial charge in [-0.15, -0.1) is 0 Å². The number of carbonyl (C=O) groups excluding carboxylic acids is 4. The third-order valence-corrected chi connectivity index (χ3v) is 10.3.